The van der Waals surface area contributed by atoms with Crippen LogP contribution < -0.4 is 0 Å². The maximum Gasteiger partial charge on any atom is 0.333 e. The van der Waals surface area contributed by atoms with E-state index in [1.54, 1.807) is 6.92 Å². The van der Waals surface area contributed by atoms with Crippen molar-refractivity contribution in [3.05, 3.63) is 0 Å². The highest BCUT2D eigenvalue weighted by molar-refractivity contribution is 8.13. The van der Waals surface area contributed by atoms with Crippen LogP contribution in [0.1, 0.15) is 6.92 Å². The first-order chi connectivity index (χ1) is 5.74. The number of hydrogen-bond acceptors (Lipinski definition) is 5. The van der Waals surface area contributed by atoms with E-state index < -0.39 is 6.04 Å². The zero-order valence-corrected chi connectivity index (χ0v) is 7.43. The molecule has 1 aliphatic heterocycles. The van der Waals surface area contributed by atoms with E-state index in [1.807, 2.05) is 0 Å². The van der Waals surface area contributed by atoms with E-state index in [4.69, 9.17) is 10.1 Å². The van der Waals surface area contributed by atoms with Gasteiger partial charge in [0.2, 0.25) is 5.17 Å². The Morgan fingerprint density at radius 1 is 1.92 bits per heavy atom. The lowest BCUT2D eigenvalue weighted by molar-refractivity contribution is -0.144. The minimum Gasteiger partial charge on any atom is -0.464 e. The molecule has 12 heavy (non-hydrogen) atoms. The van der Waals surface area contributed by atoms with Crippen molar-refractivity contribution in [3.8, 4) is 0 Å². The van der Waals surface area contributed by atoms with Gasteiger partial charge in [0.25, 0.3) is 0 Å². The molecule has 1 atom stereocenters. The fourth-order valence-corrected chi connectivity index (χ4v) is 1.32. The molecule has 1 aliphatic rings. The largest absolute Gasteiger partial charge is 0.464 e. The number of nitrogens with zero attached hydrogens (tertiary/aromatic N) is 2. The molecule has 66 valence electrons. The molecule has 0 saturated heterocycles. The summed E-state index contributed by atoms with van der Waals surface area (Å²) in [5, 5.41) is 14.3. The summed E-state index contributed by atoms with van der Waals surface area (Å²) in [6.45, 7) is 2.10. The number of ether oxygens (including phenoxy) is 1. The van der Waals surface area contributed by atoms with Gasteiger partial charge in [0.1, 0.15) is 0 Å². The number of thioether (sulfide) groups is 1. The number of rotatable bonds is 2. The van der Waals surface area contributed by atoms with E-state index in [1.165, 1.54) is 11.8 Å². The van der Waals surface area contributed by atoms with E-state index >= 15 is 0 Å². The van der Waals surface area contributed by atoms with Crippen LogP contribution in [0.5, 0.6) is 0 Å². The molecule has 0 saturated carbocycles. The van der Waals surface area contributed by atoms with E-state index in [2.05, 4.69) is 10.2 Å². The van der Waals surface area contributed by atoms with Gasteiger partial charge in [0.05, 0.1) is 6.61 Å². The maximum absolute atomic E-state index is 11.0. The van der Waals surface area contributed by atoms with Crippen molar-refractivity contribution in [2.75, 3.05) is 12.4 Å². The van der Waals surface area contributed by atoms with Crippen LogP contribution in [0.15, 0.2) is 10.2 Å². The number of hydrogen-bond donors (Lipinski definition) is 1. The first-order valence-electron chi connectivity index (χ1n) is 3.53. The topological polar surface area (TPSA) is 74.9 Å². The highest BCUT2D eigenvalue weighted by atomic mass is 32.2. The minimum atomic E-state index is -0.524. The number of nitrogens with one attached hydrogen (secondary N) is 1. The fraction of sp³-hybridized carbons (Fsp3) is 0.667. The third kappa shape index (κ3) is 2.30. The minimum absolute atomic E-state index is 0.149. The van der Waals surface area contributed by atoms with E-state index in [0.717, 1.165) is 0 Å². The summed E-state index contributed by atoms with van der Waals surface area (Å²) < 4.78 is 4.74. The van der Waals surface area contributed by atoms with E-state index in [-0.39, 0.29) is 11.1 Å². The highest BCUT2D eigenvalue weighted by Gasteiger charge is 2.23. The Bertz CT molecular complexity index is 229. The van der Waals surface area contributed by atoms with Crippen LogP contribution in [0.4, 0.5) is 0 Å². The second-order valence-electron chi connectivity index (χ2n) is 2.10. The van der Waals surface area contributed by atoms with E-state index in [0.29, 0.717) is 12.4 Å². The molecule has 0 aromatic carbocycles. The molecule has 0 aliphatic carbocycles. The van der Waals surface area contributed by atoms with Crippen molar-refractivity contribution in [2.24, 2.45) is 10.2 Å². The van der Waals surface area contributed by atoms with Gasteiger partial charge in [-0.3, -0.25) is 5.41 Å². The van der Waals surface area contributed by atoms with Gasteiger partial charge in [0.15, 0.2) is 6.04 Å². The van der Waals surface area contributed by atoms with Crippen molar-refractivity contribution < 1.29 is 9.53 Å². The van der Waals surface area contributed by atoms with Crippen LogP contribution >= 0.6 is 11.8 Å². The van der Waals surface area contributed by atoms with Gasteiger partial charge < -0.3 is 4.74 Å². The molecule has 0 spiro atoms. The second kappa shape index (κ2) is 4.20. The third-order valence-electron chi connectivity index (χ3n) is 1.22. The van der Waals surface area contributed by atoms with Gasteiger partial charge in [-0.2, -0.15) is 5.11 Å². The zero-order chi connectivity index (χ0) is 8.97. The van der Waals surface area contributed by atoms with Gasteiger partial charge in [-0.25, -0.2) is 4.79 Å². The summed E-state index contributed by atoms with van der Waals surface area (Å²) in [5.74, 6) is 0.0995. The van der Waals surface area contributed by atoms with Gasteiger partial charge >= 0.3 is 5.97 Å². The average molecular weight is 187 g/mol. The number of carbonyl (C=O) groups excluding carboxylic acids is 1. The Hall–Kier alpha value is -0.910. The van der Waals surface area contributed by atoms with Crippen LogP contribution in [-0.2, 0) is 9.53 Å². The van der Waals surface area contributed by atoms with Crippen molar-refractivity contribution in [1.29, 1.82) is 5.41 Å². The lowest BCUT2D eigenvalue weighted by Gasteiger charge is -2.12. The molecule has 0 aromatic rings. The van der Waals surface area contributed by atoms with E-state index in [9.17, 15) is 4.79 Å². The zero-order valence-electron chi connectivity index (χ0n) is 6.61. The monoisotopic (exact) mass is 187 g/mol. The predicted octanol–water partition coefficient (Wildman–Crippen LogP) is 1.05. The van der Waals surface area contributed by atoms with Gasteiger partial charge in [-0.05, 0) is 6.92 Å². The molecule has 0 aromatic heterocycles. The van der Waals surface area contributed by atoms with Crippen molar-refractivity contribution >= 4 is 22.9 Å². The van der Waals surface area contributed by atoms with Gasteiger partial charge in [-0.15, -0.1) is 5.11 Å². The first-order valence-corrected chi connectivity index (χ1v) is 4.51. The van der Waals surface area contributed by atoms with Crippen molar-refractivity contribution in [3.63, 3.8) is 0 Å². The standard InChI is InChI=1S/C6H9N3O2S/c1-2-11-5(10)4-3-12-6(7)9-8-4/h4,7H,2-3H2,1H3. The van der Waals surface area contributed by atoms with Crippen molar-refractivity contribution in [2.45, 2.75) is 13.0 Å². The molecule has 1 heterocycles. The number of carbonyl (C=O) groups is 1. The summed E-state index contributed by atoms with van der Waals surface area (Å²) >= 11 is 1.20. The molecule has 0 amide bonds. The van der Waals surface area contributed by atoms with Gasteiger partial charge in [0, 0.05) is 5.75 Å². The molecule has 1 N–H and O–H groups in total. The molecule has 0 fully saturated rings. The molecular formula is C6H9N3O2S. The van der Waals surface area contributed by atoms with Gasteiger partial charge in [-0.1, -0.05) is 11.8 Å². The Balaban J connectivity index is 2.49. The average Bonchev–Trinajstić information content (AvgIpc) is 2.06. The first kappa shape index (κ1) is 9.18. The quantitative estimate of drug-likeness (QED) is 0.656. The number of azo groups is 1. The lowest BCUT2D eigenvalue weighted by atomic mass is 10.4. The Morgan fingerprint density at radius 2 is 2.67 bits per heavy atom. The molecule has 6 heteroatoms. The normalized spacial score (nSPS) is 22.4. The third-order valence-corrected chi connectivity index (χ3v) is 2.06. The summed E-state index contributed by atoms with van der Waals surface area (Å²) in [5.41, 5.74) is 0. The smallest absolute Gasteiger partial charge is 0.333 e. The number of amidine groups is 1. The van der Waals surface area contributed by atoms with Crippen LogP contribution in [0.2, 0.25) is 0 Å². The van der Waals surface area contributed by atoms with Crippen LogP contribution in [0.3, 0.4) is 0 Å². The SMILES string of the molecule is CCOC(=O)C1CSC(=N)N=N1. The number of esters is 1. The molecule has 1 rings (SSSR count). The van der Waals surface area contributed by atoms with Crippen LogP contribution in [0, 0.1) is 5.41 Å². The Morgan fingerprint density at radius 3 is 3.17 bits per heavy atom. The predicted molar refractivity (Wildman–Crippen MR) is 45.5 cm³/mol. The summed E-state index contributed by atoms with van der Waals surface area (Å²) in [6.07, 6.45) is 0. The maximum atomic E-state index is 11.0. The Labute approximate surface area is 74.1 Å². The lowest BCUT2D eigenvalue weighted by Crippen LogP contribution is -2.26. The Kier molecular flexibility index (Phi) is 3.21. The fourth-order valence-electron chi connectivity index (χ4n) is 0.696. The van der Waals surface area contributed by atoms with Crippen LogP contribution in [0.25, 0.3) is 0 Å². The molecule has 5 nitrogen and oxygen atoms in total. The van der Waals surface area contributed by atoms with Crippen molar-refractivity contribution in [1.82, 2.24) is 0 Å². The summed E-state index contributed by atoms with van der Waals surface area (Å²) in [4.78, 5) is 11.0. The van der Waals surface area contributed by atoms with Crippen LogP contribution in [-0.4, -0.2) is 29.5 Å². The molecule has 0 bridgehead atoms. The summed E-state index contributed by atoms with van der Waals surface area (Å²) in [7, 11) is 0. The molecule has 0 radical (unpaired) electrons. The second-order valence-corrected chi connectivity index (χ2v) is 3.11. The molecular weight excluding hydrogens is 178 g/mol. The summed E-state index contributed by atoms with van der Waals surface area (Å²) in [6, 6.07) is -0.524. The molecule has 1 unspecified atom stereocenters. The highest BCUT2D eigenvalue weighted by Crippen LogP contribution is 2.15.